The third-order valence-corrected chi connectivity index (χ3v) is 4.83. The van der Waals surface area contributed by atoms with Gasteiger partial charge in [-0.2, -0.15) is 0 Å². The highest BCUT2D eigenvalue weighted by molar-refractivity contribution is 5.94. The third-order valence-electron chi connectivity index (χ3n) is 4.83. The summed E-state index contributed by atoms with van der Waals surface area (Å²) in [7, 11) is 1.27. The van der Waals surface area contributed by atoms with Crippen LogP contribution >= 0.6 is 0 Å². The zero-order valence-electron chi connectivity index (χ0n) is 15.7. The van der Waals surface area contributed by atoms with Crippen LogP contribution in [0.5, 0.6) is 5.75 Å². The van der Waals surface area contributed by atoms with Crippen molar-refractivity contribution in [3.8, 4) is 5.75 Å². The topological polar surface area (TPSA) is 93.1 Å². The standard InChI is InChI=1S/C21H21NO6/c1-13-6-5-9-16(19(13)24)20(25)28-12-18(23)22-11-15-8-4-3-7-14(15)10-17(22)21(26)27-2/h3-9,17,24H,10-12H2,1-2H3/t17-/m1/s1. The maximum atomic E-state index is 12.7. The average molecular weight is 383 g/mol. The smallest absolute Gasteiger partial charge is 0.342 e. The van der Waals surface area contributed by atoms with Gasteiger partial charge >= 0.3 is 11.9 Å². The van der Waals surface area contributed by atoms with Crippen molar-refractivity contribution in [2.45, 2.75) is 25.9 Å². The van der Waals surface area contributed by atoms with E-state index in [1.807, 2.05) is 24.3 Å². The van der Waals surface area contributed by atoms with Crippen molar-refractivity contribution in [2.24, 2.45) is 0 Å². The molecule has 2 aromatic rings. The highest BCUT2D eigenvalue weighted by Crippen LogP contribution is 2.25. The van der Waals surface area contributed by atoms with E-state index in [0.29, 0.717) is 12.0 Å². The summed E-state index contributed by atoms with van der Waals surface area (Å²) in [6.45, 7) is 1.34. The number of ether oxygens (including phenoxy) is 2. The fourth-order valence-corrected chi connectivity index (χ4v) is 3.24. The van der Waals surface area contributed by atoms with Gasteiger partial charge in [0.2, 0.25) is 0 Å². The molecule has 1 aliphatic rings. The Morgan fingerprint density at radius 2 is 1.82 bits per heavy atom. The molecule has 1 aliphatic heterocycles. The summed E-state index contributed by atoms with van der Waals surface area (Å²) in [5.74, 6) is -2.02. The summed E-state index contributed by atoms with van der Waals surface area (Å²) < 4.78 is 9.92. The fourth-order valence-electron chi connectivity index (χ4n) is 3.24. The number of rotatable bonds is 4. The zero-order chi connectivity index (χ0) is 20.3. The number of para-hydroxylation sites is 1. The van der Waals surface area contributed by atoms with E-state index in [2.05, 4.69) is 0 Å². The molecule has 7 nitrogen and oxygen atoms in total. The fraction of sp³-hybridized carbons (Fsp3) is 0.286. The minimum absolute atomic E-state index is 0.0127. The highest BCUT2D eigenvalue weighted by atomic mass is 16.5. The first kappa shape index (κ1) is 19.4. The second kappa shape index (κ2) is 8.12. The first-order valence-electron chi connectivity index (χ1n) is 8.82. The van der Waals surface area contributed by atoms with Crippen LogP contribution in [0, 0.1) is 6.92 Å². The summed E-state index contributed by atoms with van der Waals surface area (Å²) in [5.41, 5.74) is 2.42. The van der Waals surface area contributed by atoms with Crippen molar-refractivity contribution < 1.29 is 29.0 Å². The number of phenolic OH excluding ortho intramolecular Hbond substituents is 1. The monoisotopic (exact) mass is 383 g/mol. The number of esters is 2. The number of fused-ring (bicyclic) bond motifs is 1. The number of aryl methyl sites for hydroxylation is 1. The van der Waals surface area contributed by atoms with Gasteiger partial charge in [0.05, 0.1) is 7.11 Å². The molecule has 3 rings (SSSR count). The molecule has 0 spiro atoms. The van der Waals surface area contributed by atoms with Crippen LogP contribution in [-0.4, -0.2) is 47.6 Å². The molecular formula is C21H21NO6. The SMILES string of the molecule is COC(=O)[C@H]1Cc2ccccc2CN1C(=O)COC(=O)c1cccc(C)c1O. The number of aromatic hydroxyl groups is 1. The number of phenols is 1. The van der Waals surface area contributed by atoms with Gasteiger partial charge < -0.3 is 19.5 Å². The lowest BCUT2D eigenvalue weighted by Gasteiger charge is -2.35. The maximum Gasteiger partial charge on any atom is 0.342 e. The highest BCUT2D eigenvalue weighted by Gasteiger charge is 2.35. The number of nitrogens with zero attached hydrogens (tertiary/aromatic N) is 1. The van der Waals surface area contributed by atoms with E-state index in [9.17, 15) is 19.5 Å². The first-order chi connectivity index (χ1) is 13.4. The number of methoxy groups -OCH3 is 1. The summed E-state index contributed by atoms with van der Waals surface area (Å²) in [6.07, 6.45) is 0.335. The zero-order valence-corrected chi connectivity index (χ0v) is 15.7. The van der Waals surface area contributed by atoms with Gasteiger partial charge in [0, 0.05) is 13.0 Å². The lowest BCUT2D eigenvalue weighted by atomic mass is 9.94. The Hall–Kier alpha value is -3.35. The molecule has 1 heterocycles. The molecule has 0 fully saturated rings. The number of amides is 1. The number of benzene rings is 2. The van der Waals surface area contributed by atoms with Gasteiger partial charge in [-0.3, -0.25) is 4.79 Å². The lowest BCUT2D eigenvalue weighted by molar-refractivity contribution is -0.155. The normalized spacial score (nSPS) is 15.5. The summed E-state index contributed by atoms with van der Waals surface area (Å²) >= 11 is 0. The second-order valence-electron chi connectivity index (χ2n) is 6.58. The Labute approximate surface area is 162 Å². The minimum atomic E-state index is -0.804. The molecule has 28 heavy (non-hydrogen) atoms. The van der Waals surface area contributed by atoms with E-state index in [1.165, 1.54) is 18.1 Å². The molecule has 1 atom stereocenters. The van der Waals surface area contributed by atoms with Crippen LogP contribution in [0.2, 0.25) is 0 Å². The molecule has 2 aromatic carbocycles. The molecular weight excluding hydrogens is 362 g/mol. The Kier molecular flexibility index (Phi) is 5.63. The van der Waals surface area contributed by atoms with Crippen molar-refractivity contribution >= 4 is 17.8 Å². The van der Waals surface area contributed by atoms with E-state index in [1.54, 1.807) is 19.1 Å². The van der Waals surface area contributed by atoms with Crippen molar-refractivity contribution in [1.29, 1.82) is 0 Å². The van der Waals surface area contributed by atoms with Gasteiger partial charge in [0.1, 0.15) is 17.4 Å². The Balaban J connectivity index is 1.74. The van der Waals surface area contributed by atoms with Crippen LogP contribution in [0.4, 0.5) is 0 Å². The van der Waals surface area contributed by atoms with Crippen molar-refractivity contribution in [3.05, 3.63) is 64.7 Å². The van der Waals surface area contributed by atoms with Crippen LogP contribution in [0.3, 0.4) is 0 Å². The summed E-state index contributed by atoms with van der Waals surface area (Å²) in [4.78, 5) is 38.5. The van der Waals surface area contributed by atoms with Gasteiger partial charge in [-0.25, -0.2) is 9.59 Å². The van der Waals surface area contributed by atoms with Gasteiger partial charge in [-0.1, -0.05) is 36.4 Å². The van der Waals surface area contributed by atoms with Crippen LogP contribution in [0.25, 0.3) is 0 Å². The van der Waals surface area contributed by atoms with Crippen molar-refractivity contribution in [1.82, 2.24) is 4.90 Å². The lowest BCUT2D eigenvalue weighted by Crippen LogP contribution is -2.50. The molecule has 1 amide bonds. The van der Waals surface area contributed by atoms with Crippen LogP contribution in [0.1, 0.15) is 27.0 Å². The van der Waals surface area contributed by atoms with Gasteiger partial charge in [0.25, 0.3) is 5.91 Å². The van der Waals surface area contributed by atoms with E-state index >= 15 is 0 Å². The van der Waals surface area contributed by atoms with Gasteiger partial charge in [-0.05, 0) is 29.7 Å². The predicted molar refractivity (Wildman–Crippen MR) is 99.6 cm³/mol. The van der Waals surface area contributed by atoms with E-state index in [-0.39, 0.29) is 17.9 Å². The van der Waals surface area contributed by atoms with Gasteiger partial charge in [0.15, 0.2) is 6.61 Å². The number of carbonyl (C=O) groups excluding carboxylic acids is 3. The summed E-state index contributed by atoms with van der Waals surface area (Å²) in [6, 6.07) is 11.4. The molecule has 0 saturated carbocycles. The van der Waals surface area contributed by atoms with Crippen molar-refractivity contribution in [2.75, 3.05) is 13.7 Å². The Morgan fingerprint density at radius 3 is 2.54 bits per heavy atom. The van der Waals surface area contributed by atoms with E-state index in [0.717, 1.165) is 11.1 Å². The molecule has 146 valence electrons. The Bertz CT molecular complexity index is 923. The molecule has 0 unspecified atom stereocenters. The minimum Gasteiger partial charge on any atom is -0.507 e. The van der Waals surface area contributed by atoms with E-state index < -0.39 is 30.5 Å². The van der Waals surface area contributed by atoms with Crippen LogP contribution in [0.15, 0.2) is 42.5 Å². The first-order valence-corrected chi connectivity index (χ1v) is 8.82. The van der Waals surface area contributed by atoms with Gasteiger partial charge in [-0.15, -0.1) is 0 Å². The molecule has 0 radical (unpaired) electrons. The molecule has 0 aliphatic carbocycles. The number of carbonyl (C=O) groups is 3. The average Bonchev–Trinajstić information content (AvgIpc) is 2.72. The molecule has 7 heteroatoms. The number of hydrogen-bond acceptors (Lipinski definition) is 6. The van der Waals surface area contributed by atoms with E-state index in [4.69, 9.17) is 9.47 Å². The third kappa shape index (κ3) is 3.83. The van der Waals surface area contributed by atoms with Crippen LogP contribution < -0.4 is 0 Å². The quantitative estimate of drug-likeness (QED) is 0.812. The molecule has 0 saturated heterocycles. The molecule has 0 bridgehead atoms. The second-order valence-corrected chi connectivity index (χ2v) is 6.58. The molecule has 1 N–H and O–H groups in total. The summed E-state index contributed by atoms with van der Waals surface area (Å²) in [5, 5.41) is 9.98. The molecule has 0 aromatic heterocycles. The van der Waals surface area contributed by atoms with Crippen LogP contribution in [-0.2, 0) is 32.0 Å². The van der Waals surface area contributed by atoms with Crippen molar-refractivity contribution in [3.63, 3.8) is 0 Å². The number of hydrogen-bond donors (Lipinski definition) is 1. The Morgan fingerprint density at radius 1 is 1.11 bits per heavy atom. The largest absolute Gasteiger partial charge is 0.507 e. The predicted octanol–water partition coefficient (Wildman–Crippen LogP) is 1.98. The maximum absolute atomic E-state index is 12.7.